The molecule has 2 aliphatic rings. The zero-order valence-electron chi connectivity index (χ0n) is 26.6. The summed E-state index contributed by atoms with van der Waals surface area (Å²) >= 11 is 0. The van der Waals surface area contributed by atoms with Gasteiger partial charge >= 0.3 is 6.03 Å². The molecule has 11 nitrogen and oxygen atoms in total. The van der Waals surface area contributed by atoms with Crippen LogP contribution in [0, 0.1) is 0 Å². The van der Waals surface area contributed by atoms with E-state index in [1.54, 1.807) is 19.0 Å². The summed E-state index contributed by atoms with van der Waals surface area (Å²) in [4.78, 5) is 44.2. The number of anilines is 2. The molecule has 1 saturated heterocycles. The highest BCUT2D eigenvalue weighted by Crippen LogP contribution is 2.35. The summed E-state index contributed by atoms with van der Waals surface area (Å²) in [5, 5.41) is 14.2. The first kappa shape index (κ1) is 31.1. The van der Waals surface area contributed by atoms with Gasteiger partial charge in [-0.1, -0.05) is 19.1 Å². The number of hydrogen-bond donors (Lipinski definition) is 3. The fourth-order valence-electron chi connectivity index (χ4n) is 5.97. The van der Waals surface area contributed by atoms with Crippen molar-refractivity contribution in [2.45, 2.75) is 58.8 Å². The first-order valence-electron chi connectivity index (χ1n) is 15.4. The lowest BCUT2D eigenvalue weighted by molar-refractivity contribution is 0.0827. The molecule has 11 heteroatoms. The molecule has 5 rings (SSSR count). The van der Waals surface area contributed by atoms with Gasteiger partial charge in [0.25, 0.3) is 11.8 Å². The standard InChI is InChI=1S/C33H44N8O3/c1-21(2)41-30-22(3)18-40(27-13-9-25(10-14-27)32(43)38(5)6)20-28(30)29(37-41)31(42)35-17-24-7-11-26(12-8-24)36-33(44)39-16-15-34-23(4)19-39/h7-14,21-23,34H,15-20H2,1-6H3,(H,35,42)(H,36,44)/t22-,23-/m0/s1. The number of urea groups is 1. The molecule has 3 heterocycles. The Labute approximate surface area is 259 Å². The fourth-order valence-corrected chi connectivity index (χ4v) is 5.97. The van der Waals surface area contributed by atoms with Crippen molar-refractivity contribution >= 4 is 29.2 Å². The first-order valence-corrected chi connectivity index (χ1v) is 15.4. The molecule has 3 N–H and O–H groups in total. The van der Waals surface area contributed by atoms with Crippen molar-refractivity contribution < 1.29 is 14.4 Å². The number of piperazine rings is 1. The maximum Gasteiger partial charge on any atom is 0.321 e. The minimum absolute atomic E-state index is 0.0349. The molecule has 3 aromatic rings. The van der Waals surface area contributed by atoms with Gasteiger partial charge < -0.3 is 30.7 Å². The Morgan fingerprint density at radius 3 is 2.36 bits per heavy atom. The number of nitrogens with one attached hydrogen (secondary N) is 3. The minimum Gasteiger partial charge on any atom is -0.366 e. The van der Waals surface area contributed by atoms with Crippen LogP contribution in [0.15, 0.2) is 48.5 Å². The van der Waals surface area contributed by atoms with E-state index in [0.29, 0.717) is 43.1 Å². The van der Waals surface area contributed by atoms with Gasteiger partial charge in [-0.15, -0.1) is 0 Å². The highest BCUT2D eigenvalue weighted by Gasteiger charge is 2.33. The van der Waals surface area contributed by atoms with E-state index in [-0.39, 0.29) is 35.8 Å². The highest BCUT2D eigenvalue weighted by atomic mass is 16.2. The van der Waals surface area contributed by atoms with Gasteiger partial charge in [0.15, 0.2) is 5.69 Å². The molecular formula is C33H44N8O3. The molecule has 2 aliphatic heterocycles. The molecule has 1 fully saturated rings. The number of aromatic nitrogens is 2. The molecular weight excluding hydrogens is 556 g/mol. The Kier molecular flexibility index (Phi) is 9.24. The van der Waals surface area contributed by atoms with Gasteiger partial charge in [0.1, 0.15) is 0 Å². The van der Waals surface area contributed by atoms with Gasteiger partial charge in [-0.25, -0.2) is 4.79 Å². The first-order chi connectivity index (χ1) is 21.0. The van der Waals surface area contributed by atoms with E-state index in [4.69, 9.17) is 5.10 Å². The molecule has 44 heavy (non-hydrogen) atoms. The highest BCUT2D eigenvalue weighted by molar-refractivity contribution is 5.95. The van der Waals surface area contributed by atoms with E-state index >= 15 is 0 Å². The quantitative estimate of drug-likeness (QED) is 0.377. The fraction of sp³-hybridized carbons (Fsp3) is 0.455. The number of carbonyl (C=O) groups is 3. The molecule has 0 saturated carbocycles. The third-order valence-corrected chi connectivity index (χ3v) is 8.26. The average Bonchev–Trinajstić information content (AvgIpc) is 3.41. The SMILES string of the molecule is CC(C)n1nc(C(=O)NCc2ccc(NC(=O)N3CCN[C@@H](C)C3)cc2)c2c1[C@@H](C)CN(c1ccc(C(=O)N(C)C)cc1)C2. The Balaban J connectivity index is 1.27. The number of rotatable bonds is 7. The zero-order chi connectivity index (χ0) is 31.5. The lowest BCUT2D eigenvalue weighted by Crippen LogP contribution is -2.52. The van der Waals surface area contributed by atoms with E-state index in [1.807, 2.05) is 58.1 Å². The molecule has 0 unspecified atom stereocenters. The van der Waals surface area contributed by atoms with Crippen LogP contribution in [0.25, 0.3) is 0 Å². The Hall–Kier alpha value is -4.38. The molecule has 0 bridgehead atoms. The van der Waals surface area contributed by atoms with Gasteiger partial charge in [-0.2, -0.15) is 5.10 Å². The normalized spacial score (nSPS) is 18.2. The zero-order valence-corrected chi connectivity index (χ0v) is 26.6. The van der Waals surface area contributed by atoms with Crippen LogP contribution in [0.1, 0.15) is 77.3 Å². The molecule has 4 amide bonds. The molecule has 1 aromatic heterocycles. The predicted octanol–water partition coefficient (Wildman–Crippen LogP) is 4.05. The Morgan fingerprint density at radius 2 is 1.73 bits per heavy atom. The van der Waals surface area contributed by atoms with Crippen LogP contribution in [0.4, 0.5) is 16.2 Å². The topological polar surface area (TPSA) is 115 Å². The average molecular weight is 601 g/mol. The van der Waals surface area contributed by atoms with E-state index in [2.05, 4.69) is 48.5 Å². The molecule has 2 atom stereocenters. The van der Waals surface area contributed by atoms with Gasteiger partial charge in [0.05, 0.1) is 0 Å². The van der Waals surface area contributed by atoms with Crippen LogP contribution < -0.4 is 20.9 Å². The van der Waals surface area contributed by atoms with Crippen molar-refractivity contribution in [3.63, 3.8) is 0 Å². The third kappa shape index (κ3) is 6.72. The molecule has 234 valence electrons. The smallest absolute Gasteiger partial charge is 0.321 e. The number of carbonyl (C=O) groups excluding carboxylic acids is 3. The summed E-state index contributed by atoms with van der Waals surface area (Å²) in [6, 6.07) is 15.5. The van der Waals surface area contributed by atoms with Crippen molar-refractivity contribution in [3.8, 4) is 0 Å². The molecule has 2 aromatic carbocycles. The summed E-state index contributed by atoms with van der Waals surface area (Å²) in [7, 11) is 3.49. The number of amides is 4. The predicted molar refractivity (Wildman–Crippen MR) is 172 cm³/mol. The summed E-state index contributed by atoms with van der Waals surface area (Å²) in [5.74, 6) is -0.0930. The lowest BCUT2D eigenvalue weighted by atomic mass is 9.95. The van der Waals surface area contributed by atoms with E-state index < -0.39 is 0 Å². The van der Waals surface area contributed by atoms with Crippen LogP contribution in [0.5, 0.6) is 0 Å². The second kappa shape index (κ2) is 13.1. The number of nitrogens with zero attached hydrogens (tertiary/aromatic N) is 5. The number of benzene rings is 2. The van der Waals surface area contributed by atoms with Crippen LogP contribution in [0.3, 0.4) is 0 Å². The summed E-state index contributed by atoms with van der Waals surface area (Å²) in [6.07, 6.45) is 0. The van der Waals surface area contributed by atoms with Crippen LogP contribution in [0.2, 0.25) is 0 Å². The maximum absolute atomic E-state index is 13.6. The van der Waals surface area contributed by atoms with Crippen LogP contribution >= 0.6 is 0 Å². The second-order valence-electron chi connectivity index (χ2n) is 12.4. The molecule has 0 aliphatic carbocycles. The number of fused-ring (bicyclic) bond motifs is 1. The van der Waals surface area contributed by atoms with E-state index in [9.17, 15) is 14.4 Å². The van der Waals surface area contributed by atoms with Crippen molar-refractivity contribution in [1.82, 2.24) is 30.2 Å². The monoisotopic (exact) mass is 600 g/mol. The van der Waals surface area contributed by atoms with Gasteiger partial charge in [-0.3, -0.25) is 14.3 Å². The van der Waals surface area contributed by atoms with E-state index in [1.165, 1.54) is 0 Å². The van der Waals surface area contributed by atoms with Crippen molar-refractivity contribution in [1.29, 1.82) is 0 Å². The minimum atomic E-state index is -0.216. The third-order valence-electron chi connectivity index (χ3n) is 8.26. The van der Waals surface area contributed by atoms with Crippen molar-refractivity contribution in [3.05, 3.63) is 76.6 Å². The summed E-state index contributed by atoms with van der Waals surface area (Å²) in [6.45, 7) is 12.2. The van der Waals surface area contributed by atoms with Crippen LogP contribution in [-0.2, 0) is 13.1 Å². The molecule has 0 radical (unpaired) electrons. The summed E-state index contributed by atoms with van der Waals surface area (Å²) < 4.78 is 1.99. The van der Waals surface area contributed by atoms with Crippen molar-refractivity contribution in [2.75, 3.05) is 50.5 Å². The Bertz CT molecular complexity index is 1500. The summed E-state index contributed by atoms with van der Waals surface area (Å²) in [5.41, 5.74) is 5.75. The second-order valence-corrected chi connectivity index (χ2v) is 12.4. The van der Waals surface area contributed by atoms with Gasteiger partial charge in [0, 0.05) is 99.6 Å². The van der Waals surface area contributed by atoms with Crippen molar-refractivity contribution in [2.24, 2.45) is 0 Å². The Morgan fingerprint density at radius 1 is 1.02 bits per heavy atom. The maximum atomic E-state index is 13.6. The van der Waals surface area contributed by atoms with Gasteiger partial charge in [-0.05, 0) is 62.7 Å². The van der Waals surface area contributed by atoms with Gasteiger partial charge in [0.2, 0.25) is 0 Å². The lowest BCUT2D eigenvalue weighted by Gasteiger charge is -2.34. The molecule has 0 spiro atoms. The largest absolute Gasteiger partial charge is 0.366 e. The van der Waals surface area contributed by atoms with Crippen LogP contribution in [-0.4, -0.2) is 83.7 Å². The number of hydrogen-bond acceptors (Lipinski definition) is 6. The van der Waals surface area contributed by atoms with E-state index in [0.717, 1.165) is 35.6 Å².